The van der Waals surface area contributed by atoms with E-state index in [1.54, 1.807) is 32.2 Å². The van der Waals surface area contributed by atoms with Gasteiger partial charge in [0.15, 0.2) is 0 Å². The third kappa shape index (κ3) is 5.83. The van der Waals surface area contributed by atoms with Gasteiger partial charge in [0.05, 0.1) is 7.11 Å². The molecule has 0 aliphatic heterocycles. The van der Waals surface area contributed by atoms with Gasteiger partial charge in [0.25, 0.3) is 0 Å². The number of carbonyl (C=O) groups excluding carboxylic acids is 1. The van der Waals surface area contributed by atoms with E-state index in [0.717, 1.165) is 16.9 Å². The van der Waals surface area contributed by atoms with Gasteiger partial charge in [-0.3, -0.25) is 0 Å². The summed E-state index contributed by atoms with van der Waals surface area (Å²) in [5.74, 6) is 0.915. The second-order valence-electron chi connectivity index (χ2n) is 4.83. The molecule has 0 aliphatic carbocycles. The molecular formula is C20H22O3. The van der Waals surface area contributed by atoms with E-state index in [0.29, 0.717) is 11.3 Å². The van der Waals surface area contributed by atoms with Gasteiger partial charge in [-0.15, -0.1) is 6.58 Å². The van der Waals surface area contributed by atoms with Gasteiger partial charge in [-0.2, -0.15) is 0 Å². The molecule has 0 spiro atoms. The fourth-order valence-electron chi connectivity index (χ4n) is 1.69. The van der Waals surface area contributed by atoms with E-state index in [2.05, 4.69) is 13.2 Å². The number of carbonyl (C=O) groups is 1. The van der Waals surface area contributed by atoms with E-state index in [4.69, 9.17) is 9.47 Å². The summed E-state index contributed by atoms with van der Waals surface area (Å²) in [6.07, 6.45) is 1.75. The average Bonchev–Trinajstić information content (AvgIpc) is 2.56. The first-order chi connectivity index (χ1) is 11.0. The van der Waals surface area contributed by atoms with Crippen LogP contribution in [0.5, 0.6) is 11.5 Å². The molecule has 2 rings (SSSR count). The Morgan fingerprint density at radius 1 is 0.957 bits per heavy atom. The summed E-state index contributed by atoms with van der Waals surface area (Å²) in [5.41, 5.74) is 2.50. The van der Waals surface area contributed by atoms with Gasteiger partial charge in [-0.25, -0.2) is 4.79 Å². The van der Waals surface area contributed by atoms with Crippen molar-refractivity contribution in [1.82, 2.24) is 0 Å². The molecule has 3 heteroatoms. The first-order valence-corrected chi connectivity index (χ1v) is 7.21. The van der Waals surface area contributed by atoms with Crippen LogP contribution in [0, 0.1) is 0 Å². The number of methoxy groups -OCH3 is 1. The van der Waals surface area contributed by atoms with E-state index < -0.39 is 5.97 Å². The summed E-state index contributed by atoms with van der Waals surface area (Å²) >= 11 is 0. The molecule has 0 fully saturated rings. The molecule has 0 heterocycles. The first-order valence-electron chi connectivity index (χ1n) is 7.21. The zero-order chi connectivity index (χ0) is 17.2. The van der Waals surface area contributed by atoms with Crippen LogP contribution in [0.1, 0.15) is 13.8 Å². The lowest BCUT2D eigenvalue weighted by molar-refractivity contribution is -0.130. The van der Waals surface area contributed by atoms with Gasteiger partial charge in [0.1, 0.15) is 11.5 Å². The number of esters is 1. The predicted octanol–water partition coefficient (Wildman–Crippen LogP) is 5.04. The maximum atomic E-state index is 11.4. The van der Waals surface area contributed by atoms with Crippen LogP contribution in [0.3, 0.4) is 0 Å². The maximum Gasteiger partial charge on any atom is 0.338 e. The van der Waals surface area contributed by atoms with E-state index in [9.17, 15) is 4.79 Å². The molecule has 23 heavy (non-hydrogen) atoms. The summed E-state index contributed by atoms with van der Waals surface area (Å²) in [4.78, 5) is 11.4. The third-order valence-electron chi connectivity index (χ3n) is 2.84. The molecule has 0 bridgehead atoms. The monoisotopic (exact) mass is 310 g/mol. The Balaban J connectivity index is 0.000000816. The average molecular weight is 310 g/mol. The highest BCUT2D eigenvalue weighted by atomic mass is 16.5. The minimum absolute atomic E-state index is 0.379. The number of benzene rings is 2. The lowest BCUT2D eigenvalue weighted by Gasteiger charge is -2.06. The van der Waals surface area contributed by atoms with E-state index >= 15 is 0 Å². The fourth-order valence-corrected chi connectivity index (χ4v) is 1.69. The topological polar surface area (TPSA) is 35.5 Å². The van der Waals surface area contributed by atoms with Crippen LogP contribution in [0.25, 0.3) is 11.1 Å². The Hall–Kier alpha value is -2.81. The highest BCUT2D eigenvalue weighted by Crippen LogP contribution is 2.24. The molecule has 0 saturated heterocycles. The summed E-state index contributed by atoms with van der Waals surface area (Å²) in [7, 11) is 1.64. The van der Waals surface area contributed by atoms with Crippen molar-refractivity contribution in [3.05, 3.63) is 73.3 Å². The summed E-state index contributed by atoms with van der Waals surface area (Å²) < 4.78 is 10.3. The Kier molecular flexibility index (Phi) is 7.34. The zero-order valence-corrected chi connectivity index (χ0v) is 13.8. The second-order valence-corrected chi connectivity index (χ2v) is 4.83. The standard InChI is InChI=1S/C17H16O3.C3H6/c1-12(2)17(18)20-16-10-6-14(7-11-16)13-4-8-15(19-3)9-5-13;1-3-2/h4-11H,1H2,2-3H3;3H,1H2,2H3. The summed E-state index contributed by atoms with van der Waals surface area (Å²) in [6, 6.07) is 15.1. The number of allylic oxidation sites excluding steroid dienone is 1. The lowest BCUT2D eigenvalue weighted by atomic mass is 10.1. The Morgan fingerprint density at radius 2 is 1.35 bits per heavy atom. The Morgan fingerprint density at radius 3 is 1.70 bits per heavy atom. The van der Waals surface area contributed by atoms with Crippen molar-refractivity contribution >= 4 is 5.97 Å². The van der Waals surface area contributed by atoms with Crippen molar-refractivity contribution in [3.63, 3.8) is 0 Å². The molecule has 0 radical (unpaired) electrons. The smallest absolute Gasteiger partial charge is 0.338 e. The molecule has 2 aromatic carbocycles. The zero-order valence-electron chi connectivity index (χ0n) is 13.8. The SMILES string of the molecule is C=C(C)C(=O)Oc1ccc(-c2ccc(OC)cc2)cc1.C=CC. The van der Waals surface area contributed by atoms with Crippen LogP contribution in [0.15, 0.2) is 73.3 Å². The molecule has 0 unspecified atom stereocenters. The van der Waals surface area contributed by atoms with Crippen LogP contribution in [-0.2, 0) is 4.79 Å². The number of ether oxygens (including phenoxy) is 2. The van der Waals surface area contributed by atoms with Crippen LogP contribution < -0.4 is 9.47 Å². The van der Waals surface area contributed by atoms with Crippen molar-refractivity contribution in [2.75, 3.05) is 7.11 Å². The van der Waals surface area contributed by atoms with Crippen molar-refractivity contribution in [1.29, 1.82) is 0 Å². The molecule has 120 valence electrons. The van der Waals surface area contributed by atoms with Crippen molar-refractivity contribution in [2.24, 2.45) is 0 Å². The molecule has 0 aliphatic rings. The van der Waals surface area contributed by atoms with E-state index in [-0.39, 0.29) is 0 Å². The molecule has 0 amide bonds. The molecule has 0 atom stereocenters. The quantitative estimate of drug-likeness (QED) is 0.343. The van der Waals surface area contributed by atoms with E-state index in [1.165, 1.54) is 0 Å². The summed E-state index contributed by atoms with van der Waals surface area (Å²) in [6.45, 7) is 10.4. The van der Waals surface area contributed by atoms with Crippen molar-refractivity contribution in [2.45, 2.75) is 13.8 Å². The molecule has 2 aromatic rings. The van der Waals surface area contributed by atoms with Gasteiger partial charge in [0, 0.05) is 5.57 Å². The van der Waals surface area contributed by atoms with Gasteiger partial charge >= 0.3 is 5.97 Å². The number of hydrogen-bond acceptors (Lipinski definition) is 3. The summed E-state index contributed by atoms with van der Waals surface area (Å²) in [5, 5.41) is 0. The van der Waals surface area contributed by atoms with Crippen molar-refractivity contribution < 1.29 is 14.3 Å². The van der Waals surface area contributed by atoms with Crippen LogP contribution in [0.4, 0.5) is 0 Å². The third-order valence-corrected chi connectivity index (χ3v) is 2.84. The van der Waals surface area contributed by atoms with Gasteiger partial charge < -0.3 is 9.47 Å². The maximum absolute atomic E-state index is 11.4. The van der Waals surface area contributed by atoms with E-state index in [1.807, 2.05) is 43.3 Å². The number of hydrogen-bond donors (Lipinski definition) is 0. The molecule has 0 saturated carbocycles. The molecule has 0 aromatic heterocycles. The van der Waals surface area contributed by atoms with Gasteiger partial charge in [0.2, 0.25) is 0 Å². The molecule has 0 N–H and O–H groups in total. The Bertz CT molecular complexity index is 652. The Labute approximate surface area is 137 Å². The molecule has 3 nitrogen and oxygen atoms in total. The predicted molar refractivity (Wildman–Crippen MR) is 94.8 cm³/mol. The fraction of sp³-hybridized carbons (Fsp3) is 0.150. The van der Waals surface area contributed by atoms with Gasteiger partial charge in [-0.05, 0) is 49.2 Å². The second kappa shape index (κ2) is 9.26. The van der Waals surface area contributed by atoms with Crippen LogP contribution >= 0.6 is 0 Å². The lowest BCUT2D eigenvalue weighted by Crippen LogP contribution is -2.07. The minimum atomic E-state index is -0.415. The number of rotatable bonds is 4. The van der Waals surface area contributed by atoms with Gasteiger partial charge in [-0.1, -0.05) is 36.9 Å². The highest BCUT2D eigenvalue weighted by molar-refractivity contribution is 5.88. The largest absolute Gasteiger partial charge is 0.497 e. The minimum Gasteiger partial charge on any atom is -0.497 e. The molecular weight excluding hydrogens is 288 g/mol. The van der Waals surface area contributed by atoms with Crippen molar-refractivity contribution in [3.8, 4) is 22.6 Å². The highest BCUT2D eigenvalue weighted by Gasteiger charge is 2.05. The normalized spacial score (nSPS) is 9.17. The van der Waals surface area contributed by atoms with Crippen LogP contribution in [-0.4, -0.2) is 13.1 Å². The van der Waals surface area contributed by atoms with Crippen LogP contribution in [0.2, 0.25) is 0 Å². The first kappa shape index (κ1) is 18.2.